The number of hydrogen-bond donors (Lipinski definition) is 1. The molecule has 2 atom stereocenters. The first-order chi connectivity index (χ1) is 13.2. The second-order valence-electron chi connectivity index (χ2n) is 8.65. The monoisotopic (exact) mass is 390 g/mol. The van der Waals surface area contributed by atoms with Crippen molar-refractivity contribution in [2.45, 2.75) is 88.8 Å². The Labute approximate surface area is 167 Å². The lowest BCUT2D eigenvalue weighted by molar-refractivity contribution is -0.00680. The molecule has 5 heteroatoms. The Bertz CT molecular complexity index is 692. The lowest BCUT2D eigenvalue weighted by atomic mass is 9.86. The van der Waals surface area contributed by atoms with Gasteiger partial charge in [-0.15, -0.1) is 0 Å². The number of hydrogen-bond acceptors (Lipinski definition) is 4. The predicted molar refractivity (Wildman–Crippen MR) is 112 cm³/mol. The van der Waals surface area contributed by atoms with Gasteiger partial charge in [0.2, 0.25) is 0 Å². The molecule has 2 fully saturated rings. The average Bonchev–Trinajstić information content (AvgIpc) is 3.53. The number of nitrogens with zero attached hydrogens (tertiary/aromatic N) is 1. The van der Waals surface area contributed by atoms with Crippen LogP contribution in [0.4, 0.5) is 0 Å². The quantitative estimate of drug-likeness (QED) is 0.699. The fraction of sp³-hybridized carbons (Fsp3) is 0.773. The van der Waals surface area contributed by atoms with Gasteiger partial charge in [0, 0.05) is 17.3 Å². The lowest BCUT2D eigenvalue weighted by Gasteiger charge is -2.37. The average molecular weight is 391 g/mol. The Hall–Kier alpha value is -0.780. The molecule has 0 saturated heterocycles. The molecule has 27 heavy (non-hydrogen) atoms. The summed E-state index contributed by atoms with van der Waals surface area (Å²) < 4.78 is 12.0. The van der Waals surface area contributed by atoms with Crippen molar-refractivity contribution in [2.75, 3.05) is 12.9 Å². The highest BCUT2D eigenvalue weighted by Crippen LogP contribution is 2.39. The first-order valence-corrected chi connectivity index (χ1v) is 12.1. The zero-order valence-corrected chi connectivity index (χ0v) is 17.6. The standard InChI is InChI=1S/C22H34N2O2S/c1-3-15-4-10-18(11-5-15)26-14-21-20(23-27-2)13-9-17-8-12-19(16-6-7-16)22(25)24(17)21/h8,12,15-16,18,20-21,23H,3-7,9-11,13-14H2,1-2H3. The van der Waals surface area contributed by atoms with Crippen LogP contribution in [0.5, 0.6) is 0 Å². The molecule has 0 radical (unpaired) electrons. The molecule has 2 saturated carbocycles. The molecule has 1 aromatic rings. The zero-order valence-electron chi connectivity index (χ0n) is 16.8. The van der Waals surface area contributed by atoms with Gasteiger partial charge in [-0.05, 0) is 75.5 Å². The van der Waals surface area contributed by atoms with Crippen molar-refractivity contribution in [3.8, 4) is 0 Å². The summed E-state index contributed by atoms with van der Waals surface area (Å²) in [4.78, 5) is 13.3. The summed E-state index contributed by atoms with van der Waals surface area (Å²) in [6.07, 6.45) is 13.1. The number of fused-ring (bicyclic) bond motifs is 1. The lowest BCUT2D eigenvalue weighted by Crippen LogP contribution is -2.46. The van der Waals surface area contributed by atoms with Crippen LogP contribution in [0, 0.1) is 5.92 Å². The van der Waals surface area contributed by atoms with E-state index in [9.17, 15) is 4.79 Å². The van der Waals surface area contributed by atoms with E-state index in [4.69, 9.17) is 4.74 Å². The van der Waals surface area contributed by atoms with Crippen molar-refractivity contribution >= 4 is 11.9 Å². The Morgan fingerprint density at radius 1 is 1.15 bits per heavy atom. The Morgan fingerprint density at radius 2 is 1.93 bits per heavy atom. The molecule has 2 aliphatic carbocycles. The maximum Gasteiger partial charge on any atom is 0.254 e. The molecule has 0 amide bonds. The number of aryl methyl sites for hydroxylation is 1. The van der Waals surface area contributed by atoms with E-state index < -0.39 is 0 Å². The van der Waals surface area contributed by atoms with E-state index in [1.807, 2.05) is 0 Å². The van der Waals surface area contributed by atoms with Crippen LogP contribution in [0.15, 0.2) is 16.9 Å². The van der Waals surface area contributed by atoms with Crippen LogP contribution in [0.3, 0.4) is 0 Å². The van der Waals surface area contributed by atoms with Gasteiger partial charge in [0.05, 0.1) is 18.8 Å². The highest BCUT2D eigenvalue weighted by Gasteiger charge is 2.34. The molecule has 4 nitrogen and oxygen atoms in total. The molecule has 1 aromatic heterocycles. The second kappa shape index (κ2) is 8.71. The first kappa shape index (κ1) is 19.5. The summed E-state index contributed by atoms with van der Waals surface area (Å²) in [5.74, 6) is 1.38. The Kier molecular flexibility index (Phi) is 6.30. The number of pyridine rings is 1. The Morgan fingerprint density at radius 3 is 2.59 bits per heavy atom. The molecule has 2 heterocycles. The van der Waals surface area contributed by atoms with Crippen molar-refractivity contribution in [3.05, 3.63) is 33.7 Å². The zero-order chi connectivity index (χ0) is 18.8. The van der Waals surface area contributed by atoms with E-state index in [0.717, 1.165) is 24.3 Å². The third kappa shape index (κ3) is 4.30. The number of aromatic nitrogens is 1. The van der Waals surface area contributed by atoms with Gasteiger partial charge >= 0.3 is 0 Å². The van der Waals surface area contributed by atoms with Crippen LogP contribution in [0.2, 0.25) is 0 Å². The SMILES string of the molecule is CCC1CCC(OCC2C(NSC)CCc3ccc(C4CC4)c(=O)n32)CC1. The molecule has 4 rings (SSSR count). The molecule has 0 spiro atoms. The summed E-state index contributed by atoms with van der Waals surface area (Å²) >= 11 is 1.66. The van der Waals surface area contributed by atoms with E-state index >= 15 is 0 Å². The van der Waals surface area contributed by atoms with Crippen LogP contribution < -0.4 is 10.3 Å². The van der Waals surface area contributed by atoms with Crippen molar-refractivity contribution in [2.24, 2.45) is 5.92 Å². The van der Waals surface area contributed by atoms with Crippen LogP contribution in [-0.2, 0) is 11.2 Å². The normalized spacial score (nSPS) is 30.9. The minimum absolute atomic E-state index is 0.108. The van der Waals surface area contributed by atoms with Gasteiger partial charge in [-0.25, -0.2) is 0 Å². The number of rotatable bonds is 7. The minimum atomic E-state index is 0.108. The van der Waals surface area contributed by atoms with Crippen LogP contribution in [0.1, 0.15) is 81.5 Å². The smallest absolute Gasteiger partial charge is 0.254 e. The molecule has 150 valence electrons. The first-order valence-electron chi connectivity index (χ1n) is 10.9. The number of ether oxygens (including phenoxy) is 1. The molecule has 0 aromatic carbocycles. The third-order valence-electron chi connectivity index (χ3n) is 6.90. The minimum Gasteiger partial charge on any atom is -0.376 e. The summed E-state index contributed by atoms with van der Waals surface area (Å²) in [5.41, 5.74) is 2.45. The Balaban J connectivity index is 1.52. The van der Waals surface area contributed by atoms with Gasteiger partial charge < -0.3 is 9.30 Å². The molecule has 3 aliphatic rings. The van der Waals surface area contributed by atoms with Gasteiger partial charge in [-0.3, -0.25) is 9.52 Å². The van der Waals surface area contributed by atoms with Gasteiger partial charge in [-0.2, -0.15) is 0 Å². The highest BCUT2D eigenvalue weighted by molar-refractivity contribution is 7.96. The van der Waals surface area contributed by atoms with E-state index in [0.29, 0.717) is 24.7 Å². The van der Waals surface area contributed by atoms with Gasteiger partial charge in [0.15, 0.2) is 0 Å². The maximum atomic E-state index is 13.3. The fourth-order valence-electron chi connectivity index (χ4n) is 4.98. The van der Waals surface area contributed by atoms with E-state index in [1.54, 1.807) is 11.9 Å². The summed E-state index contributed by atoms with van der Waals surface area (Å²) in [6.45, 7) is 2.95. The highest BCUT2D eigenvalue weighted by atomic mass is 32.2. The van der Waals surface area contributed by atoms with E-state index in [1.165, 1.54) is 50.6 Å². The maximum absolute atomic E-state index is 13.3. The topological polar surface area (TPSA) is 43.3 Å². The number of nitrogens with one attached hydrogen (secondary N) is 1. The molecule has 2 unspecified atom stereocenters. The van der Waals surface area contributed by atoms with E-state index in [-0.39, 0.29) is 11.6 Å². The predicted octanol–water partition coefficient (Wildman–Crippen LogP) is 4.43. The summed E-state index contributed by atoms with van der Waals surface area (Å²) in [7, 11) is 0. The van der Waals surface area contributed by atoms with Crippen molar-refractivity contribution in [1.29, 1.82) is 0 Å². The molecule has 1 N–H and O–H groups in total. The van der Waals surface area contributed by atoms with Crippen molar-refractivity contribution in [3.63, 3.8) is 0 Å². The van der Waals surface area contributed by atoms with Crippen LogP contribution in [-0.4, -0.2) is 29.6 Å². The molecular formula is C22H34N2O2S. The largest absolute Gasteiger partial charge is 0.376 e. The van der Waals surface area contributed by atoms with Crippen LogP contribution >= 0.6 is 11.9 Å². The summed E-state index contributed by atoms with van der Waals surface area (Å²) in [5, 5.41) is 0. The summed E-state index contributed by atoms with van der Waals surface area (Å²) in [6, 6.07) is 4.70. The van der Waals surface area contributed by atoms with Crippen LogP contribution in [0.25, 0.3) is 0 Å². The molecule has 0 bridgehead atoms. The van der Waals surface area contributed by atoms with Gasteiger partial charge in [-0.1, -0.05) is 31.4 Å². The van der Waals surface area contributed by atoms with Crippen molar-refractivity contribution < 1.29 is 4.74 Å². The van der Waals surface area contributed by atoms with Gasteiger partial charge in [0.25, 0.3) is 5.56 Å². The van der Waals surface area contributed by atoms with Gasteiger partial charge in [0.1, 0.15) is 0 Å². The second-order valence-corrected chi connectivity index (χ2v) is 9.29. The fourth-order valence-corrected chi connectivity index (χ4v) is 5.55. The van der Waals surface area contributed by atoms with Crippen molar-refractivity contribution in [1.82, 2.24) is 9.29 Å². The van der Waals surface area contributed by atoms with E-state index in [2.05, 4.69) is 34.6 Å². The third-order valence-corrected chi connectivity index (χ3v) is 7.44. The molecule has 1 aliphatic heterocycles. The molecular weight excluding hydrogens is 356 g/mol.